The first-order valence-corrected chi connectivity index (χ1v) is 6.09. The first kappa shape index (κ1) is 10.7. The van der Waals surface area contributed by atoms with Gasteiger partial charge in [-0.3, -0.25) is 4.90 Å². The summed E-state index contributed by atoms with van der Waals surface area (Å²) in [6, 6.07) is 4.77. The third kappa shape index (κ3) is 2.06. The predicted octanol–water partition coefficient (Wildman–Crippen LogP) is 1.73. The Bertz CT molecular complexity index is 502. The number of fused-ring (bicyclic) bond motifs is 1. The van der Waals surface area contributed by atoms with Crippen LogP contribution in [0.2, 0.25) is 0 Å². The fraction of sp³-hybridized carbons (Fsp3) is 0.462. The molecule has 0 N–H and O–H groups in total. The molecule has 2 aromatic heterocycles. The molecule has 0 saturated carbocycles. The Morgan fingerprint density at radius 3 is 2.94 bits per heavy atom. The largest absolute Gasteiger partial charge is 0.379 e. The molecule has 1 fully saturated rings. The van der Waals surface area contributed by atoms with Gasteiger partial charge >= 0.3 is 0 Å². The molecule has 90 valence electrons. The lowest BCUT2D eigenvalue weighted by molar-refractivity contribution is 0.0198. The molecule has 0 amide bonds. The highest BCUT2D eigenvalue weighted by Crippen LogP contribution is 2.21. The summed E-state index contributed by atoms with van der Waals surface area (Å²) in [5, 5.41) is 0. The quantitative estimate of drug-likeness (QED) is 0.788. The van der Waals surface area contributed by atoms with Crippen molar-refractivity contribution in [1.29, 1.82) is 0 Å². The maximum Gasteiger partial charge on any atom is 0.136 e. The van der Waals surface area contributed by atoms with Crippen LogP contribution in [0.15, 0.2) is 30.7 Å². The number of hydrogen-bond donors (Lipinski definition) is 0. The zero-order valence-electron chi connectivity index (χ0n) is 10.0. The first-order chi connectivity index (χ1) is 8.34. The average Bonchev–Trinajstić information content (AvgIpc) is 2.86. The van der Waals surface area contributed by atoms with Crippen LogP contribution in [0.1, 0.15) is 18.5 Å². The van der Waals surface area contributed by atoms with E-state index in [1.54, 1.807) is 0 Å². The van der Waals surface area contributed by atoms with E-state index in [4.69, 9.17) is 4.74 Å². The number of morpholine rings is 1. The van der Waals surface area contributed by atoms with Crippen LogP contribution in [0.25, 0.3) is 5.65 Å². The molecule has 0 aliphatic carbocycles. The van der Waals surface area contributed by atoms with Gasteiger partial charge in [0.05, 0.1) is 13.2 Å². The Morgan fingerprint density at radius 2 is 2.12 bits per heavy atom. The number of ether oxygens (including phenoxy) is 1. The normalized spacial score (nSPS) is 19.6. The summed E-state index contributed by atoms with van der Waals surface area (Å²) >= 11 is 0. The summed E-state index contributed by atoms with van der Waals surface area (Å²) in [7, 11) is 0. The standard InChI is InChI=1S/C13H17N3O/c1-11(15-6-8-17-9-7-15)12-2-4-16-5-3-14-13(16)10-12/h2-5,10-11H,6-9H2,1H3. The van der Waals surface area contributed by atoms with Crippen LogP contribution in [0.5, 0.6) is 0 Å². The van der Waals surface area contributed by atoms with Crippen molar-refractivity contribution in [2.75, 3.05) is 26.3 Å². The van der Waals surface area contributed by atoms with Gasteiger partial charge in [0.25, 0.3) is 0 Å². The van der Waals surface area contributed by atoms with E-state index in [2.05, 4.69) is 35.1 Å². The second-order valence-corrected chi connectivity index (χ2v) is 4.48. The van der Waals surface area contributed by atoms with Gasteiger partial charge < -0.3 is 9.14 Å². The number of imidazole rings is 1. The summed E-state index contributed by atoms with van der Waals surface area (Å²) in [4.78, 5) is 6.78. The molecule has 0 bridgehead atoms. The van der Waals surface area contributed by atoms with Crippen molar-refractivity contribution < 1.29 is 4.74 Å². The third-order valence-electron chi connectivity index (χ3n) is 3.50. The summed E-state index contributed by atoms with van der Waals surface area (Å²) in [5.41, 5.74) is 2.34. The number of aromatic nitrogens is 2. The second kappa shape index (κ2) is 4.47. The van der Waals surface area contributed by atoms with E-state index in [1.807, 2.05) is 16.8 Å². The minimum Gasteiger partial charge on any atom is -0.379 e. The average molecular weight is 231 g/mol. The molecule has 0 spiro atoms. The van der Waals surface area contributed by atoms with Crippen molar-refractivity contribution in [3.05, 3.63) is 36.3 Å². The maximum atomic E-state index is 5.39. The molecule has 1 saturated heterocycles. The summed E-state index contributed by atoms with van der Waals surface area (Å²) in [5.74, 6) is 0. The lowest BCUT2D eigenvalue weighted by Gasteiger charge is -2.32. The molecule has 1 aliphatic heterocycles. The maximum absolute atomic E-state index is 5.39. The number of rotatable bonds is 2. The van der Waals surface area contributed by atoms with E-state index in [-0.39, 0.29) is 0 Å². The van der Waals surface area contributed by atoms with Gasteiger partial charge in [-0.2, -0.15) is 0 Å². The minimum absolute atomic E-state index is 0.431. The Kier molecular flexibility index (Phi) is 2.82. The Balaban J connectivity index is 1.86. The smallest absolute Gasteiger partial charge is 0.136 e. The van der Waals surface area contributed by atoms with E-state index >= 15 is 0 Å². The van der Waals surface area contributed by atoms with Gasteiger partial charge in [-0.05, 0) is 24.6 Å². The van der Waals surface area contributed by atoms with Crippen molar-refractivity contribution in [2.24, 2.45) is 0 Å². The summed E-state index contributed by atoms with van der Waals surface area (Å²) in [6.07, 6.45) is 5.88. The van der Waals surface area contributed by atoms with Crippen LogP contribution in [-0.2, 0) is 4.74 Å². The predicted molar refractivity (Wildman–Crippen MR) is 66.0 cm³/mol. The molecule has 3 rings (SSSR count). The number of hydrogen-bond acceptors (Lipinski definition) is 3. The van der Waals surface area contributed by atoms with Crippen molar-refractivity contribution in [3.8, 4) is 0 Å². The van der Waals surface area contributed by atoms with Gasteiger partial charge in [0.2, 0.25) is 0 Å². The SMILES string of the molecule is CC(c1ccn2ccnc2c1)N1CCOCC1. The van der Waals surface area contributed by atoms with E-state index in [1.165, 1.54) is 5.56 Å². The second-order valence-electron chi connectivity index (χ2n) is 4.48. The molecule has 4 heteroatoms. The molecule has 17 heavy (non-hydrogen) atoms. The highest BCUT2D eigenvalue weighted by molar-refractivity contribution is 5.42. The Morgan fingerprint density at radius 1 is 1.29 bits per heavy atom. The van der Waals surface area contributed by atoms with Crippen molar-refractivity contribution in [3.63, 3.8) is 0 Å². The van der Waals surface area contributed by atoms with Crippen LogP contribution >= 0.6 is 0 Å². The summed E-state index contributed by atoms with van der Waals surface area (Å²) < 4.78 is 7.42. The van der Waals surface area contributed by atoms with E-state index in [0.717, 1.165) is 32.0 Å². The van der Waals surface area contributed by atoms with Crippen LogP contribution < -0.4 is 0 Å². The molecule has 4 nitrogen and oxygen atoms in total. The molecular weight excluding hydrogens is 214 g/mol. The fourth-order valence-electron chi connectivity index (χ4n) is 2.36. The van der Waals surface area contributed by atoms with Crippen LogP contribution in [0.3, 0.4) is 0 Å². The molecule has 2 aromatic rings. The molecular formula is C13H17N3O. The van der Waals surface area contributed by atoms with Crippen molar-refractivity contribution >= 4 is 5.65 Å². The van der Waals surface area contributed by atoms with Gasteiger partial charge in [-0.15, -0.1) is 0 Å². The van der Waals surface area contributed by atoms with Gasteiger partial charge in [0.1, 0.15) is 5.65 Å². The van der Waals surface area contributed by atoms with E-state index in [0.29, 0.717) is 6.04 Å². The zero-order chi connectivity index (χ0) is 11.7. The lowest BCUT2D eigenvalue weighted by Crippen LogP contribution is -2.38. The van der Waals surface area contributed by atoms with Gasteiger partial charge in [0.15, 0.2) is 0 Å². The van der Waals surface area contributed by atoms with Crippen molar-refractivity contribution in [1.82, 2.24) is 14.3 Å². The molecule has 3 heterocycles. The molecule has 0 aromatic carbocycles. The topological polar surface area (TPSA) is 29.8 Å². The number of pyridine rings is 1. The lowest BCUT2D eigenvalue weighted by atomic mass is 10.1. The van der Waals surface area contributed by atoms with Gasteiger partial charge in [-0.25, -0.2) is 4.98 Å². The molecule has 0 radical (unpaired) electrons. The molecule has 1 aliphatic rings. The highest BCUT2D eigenvalue weighted by Gasteiger charge is 2.18. The highest BCUT2D eigenvalue weighted by atomic mass is 16.5. The Hall–Kier alpha value is -1.39. The van der Waals surface area contributed by atoms with Crippen LogP contribution in [0.4, 0.5) is 0 Å². The van der Waals surface area contributed by atoms with Crippen LogP contribution in [-0.4, -0.2) is 40.6 Å². The first-order valence-electron chi connectivity index (χ1n) is 6.09. The van der Waals surface area contributed by atoms with Crippen LogP contribution in [0, 0.1) is 0 Å². The monoisotopic (exact) mass is 231 g/mol. The summed E-state index contributed by atoms with van der Waals surface area (Å²) in [6.45, 7) is 5.97. The van der Waals surface area contributed by atoms with E-state index < -0.39 is 0 Å². The molecule has 1 unspecified atom stereocenters. The van der Waals surface area contributed by atoms with E-state index in [9.17, 15) is 0 Å². The van der Waals surface area contributed by atoms with Gasteiger partial charge in [-0.1, -0.05) is 0 Å². The Labute approximate surface area is 101 Å². The molecule has 1 atom stereocenters. The zero-order valence-corrected chi connectivity index (χ0v) is 10.0. The fourth-order valence-corrected chi connectivity index (χ4v) is 2.36. The minimum atomic E-state index is 0.431. The number of nitrogens with zero attached hydrogens (tertiary/aromatic N) is 3. The van der Waals surface area contributed by atoms with Gasteiger partial charge in [0, 0.05) is 37.7 Å². The third-order valence-corrected chi connectivity index (χ3v) is 3.50. The van der Waals surface area contributed by atoms with Crippen molar-refractivity contribution in [2.45, 2.75) is 13.0 Å².